The highest BCUT2D eigenvalue weighted by atomic mass is 16.6. The summed E-state index contributed by atoms with van der Waals surface area (Å²) in [4.78, 5) is 21.8. The largest absolute Gasteiger partial charge is 0.504 e. The van der Waals surface area contributed by atoms with Crippen molar-refractivity contribution >= 4 is 17.8 Å². The molecule has 0 fully saturated rings. The van der Waals surface area contributed by atoms with Gasteiger partial charge in [0.25, 0.3) is 11.6 Å². The molecule has 0 unspecified atom stereocenters. The van der Waals surface area contributed by atoms with Gasteiger partial charge in [-0.3, -0.25) is 14.9 Å². The standard InChI is InChI=1S/C15H13N3O5/c1-23-14-8-10(2-7-13(14)19)9-16-17-15(20)11-3-5-12(6-4-11)18(21)22/h2-9,19H,1H3,(H,17,20). The van der Waals surface area contributed by atoms with E-state index in [4.69, 9.17) is 4.74 Å². The zero-order chi connectivity index (χ0) is 16.8. The van der Waals surface area contributed by atoms with Crippen LogP contribution in [0.4, 0.5) is 5.69 Å². The zero-order valence-electron chi connectivity index (χ0n) is 12.1. The van der Waals surface area contributed by atoms with E-state index in [9.17, 15) is 20.0 Å². The van der Waals surface area contributed by atoms with Crippen LogP contribution in [0.2, 0.25) is 0 Å². The van der Waals surface area contributed by atoms with Crippen molar-refractivity contribution in [3.05, 3.63) is 63.7 Å². The number of hydrazone groups is 1. The fraction of sp³-hybridized carbons (Fsp3) is 0.0667. The zero-order valence-corrected chi connectivity index (χ0v) is 12.1. The number of phenols is 1. The normalized spacial score (nSPS) is 10.5. The second-order valence-corrected chi connectivity index (χ2v) is 4.43. The number of aromatic hydroxyl groups is 1. The summed E-state index contributed by atoms with van der Waals surface area (Å²) < 4.78 is 4.96. The van der Waals surface area contributed by atoms with E-state index in [2.05, 4.69) is 10.5 Å². The lowest BCUT2D eigenvalue weighted by Crippen LogP contribution is -2.17. The highest BCUT2D eigenvalue weighted by Gasteiger charge is 2.08. The number of carbonyl (C=O) groups excluding carboxylic acids is 1. The second kappa shape index (κ2) is 7.03. The molecule has 0 heterocycles. The predicted molar refractivity (Wildman–Crippen MR) is 82.8 cm³/mol. The summed E-state index contributed by atoms with van der Waals surface area (Å²) in [5.41, 5.74) is 3.07. The lowest BCUT2D eigenvalue weighted by Gasteiger charge is -2.03. The molecule has 0 saturated carbocycles. The Morgan fingerprint density at radius 2 is 2.00 bits per heavy atom. The van der Waals surface area contributed by atoms with Gasteiger partial charge in [0.05, 0.1) is 18.2 Å². The Balaban J connectivity index is 2.02. The molecule has 1 amide bonds. The maximum Gasteiger partial charge on any atom is 0.271 e. The van der Waals surface area contributed by atoms with E-state index in [1.165, 1.54) is 43.7 Å². The number of nitro benzene ring substituents is 1. The Morgan fingerprint density at radius 1 is 1.30 bits per heavy atom. The average molecular weight is 315 g/mol. The van der Waals surface area contributed by atoms with Crippen molar-refractivity contribution in [3.63, 3.8) is 0 Å². The van der Waals surface area contributed by atoms with E-state index >= 15 is 0 Å². The van der Waals surface area contributed by atoms with E-state index in [1.54, 1.807) is 12.1 Å². The summed E-state index contributed by atoms with van der Waals surface area (Å²) in [6.45, 7) is 0. The topological polar surface area (TPSA) is 114 Å². The van der Waals surface area contributed by atoms with Crippen LogP contribution in [-0.2, 0) is 0 Å². The number of rotatable bonds is 5. The number of nitro groups is 1. The number of nitrogens with one attached hydrogen (secondary N) is 1. The third-order valence-corrected chi connectivity index (χ3v) is 2.92. The van der Waals surface area contributed by atoms with Crippen LogP contribution < -0.4 is 10.2 Å². The summed E-state index contributed by atoms with van der Waals surface area (Å²) in [6, 6.07) is 9.75. The minimum Gasteiger partial charge on any atom is -0.504 e. The van der Waals surface area contributed by atoms with Gasteiger partial charge in [-0.1, -0.05) is 0 Å². The number of benzene rings is 2. The molecule has 0 bridgehead atoms. The number of methoxy groups -OCH3 is 1. The van der Waals surface area contributed by atoms with E-state index in [0.717, 1.165) is 0 Å². The number of phenolic OH excluding ortho intramolecular Hbond substituents is 1. The van der Waals surface area contributed by atoms with Gasteiger partial charge in [0.2, 0.25) is 0 Å². The first-order chi connectivity index (χ1) is 11.0. The molecule has 118 valence electrons. The third kappa shape index (κ3) is 4.03. The van der Waals surface area contributed by atoms with Crippen molar-refractivity contribution in [2.24, 2.45) is 5.10 Å². The SMILES string of the molecule is COc1cc(C=NNC(=O)c2ccc([N+](=O)[O-])cc2)ccc1O. The molecular weight excluding hydrogens is 302 g/mol. The van der Waals surface area contributed by atoms with Crippen LogP contribution in [-0.4, -0.2) is 29.3 Å². The number of hydrogen-bond acceptors (Lipinski definition) is 6. The Kier molecular flexibility index (Phi) is 4.88. The number of amides is 1. The van der Waals surface area contributed by atoms with Gasteiger partial charge in [-0.2, -0.15) is 5.10 Å². The molecule has 2 N–H and O–H groups in total. The van der Waals surface area contributed by atoms with Crippen molar-refractivity contribution in [2.45, 2.75) is 0 Å². The van der Waals surface area contributed by atoms with Gasteiger partial charge in [0, 0.05) is 17.7 Å². The van der Waals surface area contributed by atoms with Gasteiger partial charge in [-0.25, -0.2) is 5.43 Å². The molecule has 0 aliphatic carbocycles. The number of non-ortho nitro benzene ring substituents is 1. The van der Waals surface area contributed by atoms with Gasteiger partial charge < -0.3 is 9.84 Å². The average Bonchev–Trinajstić information content (AvgIpc) is 2.56. The summed E-state index contributed by atoms with van der Waals surface area (Å²) >= 11 is 0. The van der Waals surface area contributed by atoms with Crippen molar-refractivity contribution < 1.29 is 19.6 Å². The van der Waals surface area contributed by atoms with Gasteiger partial charge in [0.15, 0.2) is 11.5 Å². The summed E-state index contributed by atoms with van der Waals surface area (Å²) in [5.74, 6) is -0.211. The van der Waals surface area contributed by atoms with Crippen LogP contribution in [0.5, 0.6) is 11.5 Å². The fourth-order valence-electron chi connectivity index (χ4n) is 1.74. The number of ether oxygens (including phenoxy) is 1. The third-order valence-electron chi connectivity index (χ3n) is 2.92. The highest BCUT2D eigenvalue weighted by molar-refractivity contribution is 5.95. The van der Waals surface area contributed by atoms with Crippen molar-refractivity contribution in [3.8, 4) is 11.5 Å². The Morgan fingerprint density at radius 3 is 2.61 bits per heavy atom. The van der Waals surface area contributed by atoms with Crippen LogP contribution >= 0.6 is 0 Å². The molecule has 0 atom stereocenters. The first kappa shape index (κ1) is 16.0. The molecule has 0 aromatic heterocycles. The number of carbonyl (C=O) groups is 1. The smallest absolute Gasteiger partial charge is 0.271 e. The highest BCUT2D eigenvalue weighted by Crippen LogP contribution is 2.25. The molecule has 0 radical (unpaired) electrons. The molecule has 23 heavy (non-hydrogen) atoms. The number of hydrogen-bond donors (Lipinski definition) is 2. The van der Waals surface area contributed by atoms with Gasteiger partial charge >= 0.3 is 0 Å². The van der Waals surface area contributed by atoms with Crippen LogP contribution in [0.15, 0.2) is 47.6 Å². The molecule has 2 aromatic carbocycles. The molecule has 0 aliphatic heterocycles. The molecule has 2 aromatic rings. The van der Waals surface area contributed by atoms with Gasteiger partial charge in [0.1, 0.15) is 0 Å². The Labute approximate surface area is 131 Å². The second-order valence-electron chi connectivity index (χ2n) is 4.43. The van der Waals surface area contributed by atoms with E-state index in [0.29, 0.717) is 5.56 Å². The Hall–Kier alpha value is -3.42. The lowest BCUT2D eigenvalue weighted by atomic mass is 10.2. The lowest BCUT2D eigenvalue weighted by molar-refractivity contribution is -0.384. The summed E-state index contributed by atoms with van der Waals surface area (Å²) in [7, 11) is 1.42. The molecule has 8 nitrogen and oxygen atoms in total. The van der Waals surface area contributed by atoms with Gasteiger partial charge in [-0.05, 0) is 35.9 Å². The van der Waals surface area contributed by atoms with Crippen LogP contribution in [0.1, 0.15) is 15.9 Å². The minimum atomic E-state index is -0.544. The molecule has 8 heteroatoms. The molecule has 0 saturated heterocycles. The monoisotopic (exact) mass is 315 g/mol. The van der Waals surface area contributed by atoms with Crippen LogP contribution in [0.25, 0.3) is 0 Å². The molecule has 0 aliphatic rings. The number of nitrogens with zero attached hydrogens (tertiary/aromatic N) is 2. The minimum absolute atomic E-state index is 0.000402. The van der Waals surface area contributed by atoms with Gasteiger partial charge in [-0.15, -0.1) is 0 Å². The fourth-order valence-corrected chi connectivity index (χ4v) is 1.74. The van der Waals surface area contributed by atoms with Crippen LogP contribution in [0.3, 0.4) is 0 Å². The molecule has 0 spiro atoms. The summed E-state index contributed by atoms with van der Waals surface area (Å²) in [5, 5.41) is 23.8. The predicted octanol–water partition coefficient (Wildman–Crippen LogP) is 2.07. The Bertz CT molecular complexity index is 756. The van der Waals surface area contributed by atoms with E-state index in [-0.39, 0.29) is 22.7 Å². The maximum atomic E-state index is 11.8. The molecule has 2 rings (SSSR count). The van der Waals surface area contributed by atoms with Crippen molar-refractivity contribution in [1.82, 2.24) is 5.43 Å². The summed E-state index contributed by atoms with van der Waals surface area (Å²) in [6.07, 6.45) is 1.38. The first-order valence-electron chi connectivity index (χ1n) is 6.46. The van der Waals surface area contributed by atoms with E-state index < -0.39 is 10.8 Å². The maximum absolute atomic E-state index is 11.8. The molecular formula is C15H13N3O5. The first-order valence-corrected chi connectivity index (χ1v) is 6.46. The van der Waals surface area contributed by atoms with Crippen LogP contribution in [0, 0.1) is 10.1 Å². The van der Waals surface area contributed by atoms with E-state index in [1.807, 2.05) is 0 Å². The van der Waals surface area contributed by atoms with Crippen molar-refractivity contribution in [1.29, 1.82) is 0 Å². The quantitative estimate of drug-likeness (QED) is 0.498. The van der Waals surface area contributed by atoms with Crippen molar-refractivity contribution in [2.75, 3.05) is 7.11 Å².